The lowest BCUT2D eigenvalue weighted by atomic mass is 10.3. The maximum Gasteiger partial charge on any atom is 0.193 e. The average molecular weight is 265 g/mol. The molecule has 0 radical (unpaired) electrons. The van der Waals surface area contributed by atoms with E-state index < -0.39 is 0 Å². The number of thiophene rings is 1. The number of nitrogens with one attached hydrogen (secondary N) is 1. The van der Waals surface area contributed by atoms with E-state index in [0.29, 0.717) is 0 Å². The first-order valence-corrected chi connectivity index (χ1v) is 7.61. The zero-order valence-corrected chi connectivity index (χ0v) is 12.2. The molecule has 1 saturated carbocycles. The van der Waals surface area contributed by atoms with E-state index in [9.17, 15) is 0 Å². The van der Waals surface area contributed by atoms with Gasteiger partial charge in [-0.1, -0.05) is 18.9 Å². The third-order valence-electron chi connectivity index (χ3n) is 3.38. The van der Waals surface area contributed by atoms with Gasteiger partial charge in [-0.2, -0.15) is 0 Å². The molecule has 18 heavy (non-hydrogen) atoms. The van der Waals surface area contributed by atoms with Crippen molar-refractivity contribution in [1.29, 1.82) is 0 Å². The van der Waals surface area contributed by atoms with Gasteiger partial charge < -0.3 is 10.2 Å². The quantitative estimate of drug-likeness (QED) is 0.632. The second-order valence-electron chi connectivity index (χ2n) is 4.96. The molecule has 4 heteroatoms. The number of guanidine groups is 1. The zero-order chi connectivity index (χ0) is 12.8. The summed E-state index contributed by atoms with van der Waals surface area (Å²) in [5.74, 6) is 2.00. The van der Waals surface area contributed by atoms with Gasteiger partial charge in [-0.15, -0.1) is 11.3 Å². The van der Waals surface area contributed by atoms with Crippen LogP contribution in [0.4, 0.5) is 0 Å². The number of hydrogen-bond donors (Lipinski definition) is 1. The Morgan fingerprint density at radius 3 is 3.00 bits per heavy atom. The predicted octanol–water partition coefficient (Wildman–Crippen LogP) is 2.60. The van der Waals surface area contributed by atoms with Gasteiger partial charge in [0.25, 0.3) is 0 Å². The molecular weight excluding hydrogens is 242 g/mol. The van der Waals surface area contributed by atoms with E-state index in [1.165, 1.54) is 24.1 Å². The summed E-state index contributed by atoms with van der Waals surface area (Å²) in [5.41, 5.74) is 0. The molecule has 0 aliphatic heterocycles. The molecule has 0 amide bonds. The summed E-state index contributed by atoms with van der Waals surface area (Å²) in [7, 11) is 3.97. The van der Waals surface area contributed by atoms with Crippen LogP contribution in [0.5, 0.6) is 0 Å². The molecule has 100 valence electrons. The first kappa shape index (κ1) is 13.4. The molecular formula is C14H23N3S. The van der Waals surface area contributed by atoms with Crippen molar-refractivity contribution in [2.24, 2.45) is 10.9 Å². The van der Waals surface area contributed by atoms with Crippen LogP contribution in [0.25, 0.3) is 0 Å². The van der Waals surface area contributed by atoms with Crippen molar-refractivity contribution in [3.63, 3.8) is 0 Å². The average Bonchev–Trinajstić information content (AvgIpc) is 3.05. The van der Waals surface area contributed by atoms with Crippen LogP contribution >= 0.6 is 11.3 Å². The fraction of sp³-hybridized carbons (Fsp3) is 0.643. The molecule has 1 aromatic rings. The molecule has 1 aliphatic rings. The first-order chi connectivity index (χ1) is 8.79. The second-order valence-corrected chi connectivity index (χ2v) is 5.99. The topological polar surface area (TPSA) is 27.6 Å². The lowest BCUT2D eigenvalue weighted by Crippen LogP contribution is -2.40. The lowest BCUT2D eigenvalue weighted by Gasteiger charge is -2.21. The predicted molar refractivity (Wildman–Crippen MR) is 79.4 cm³/mol. The Kier molecular flexibility index (Phi) is 5.05. The van der Waals surface area contributed by atoms with E-state index in [0.717, 1.165) is 31.4 Å². The third-order valence-corrected chi connectivity index (χ3v) is 4.32. The Bertz CT molecular complexity index is 368. The number of rotatable bonds is 6. The van der Waals surface area contributed by atoms with Crippen molar-refractivity contribution in [2.45, 2.75) is 25.7 Å². The second kappa shape index (κ2) is 6.78. The summed E-state index contributed by atoms with van der Waals surface area (Å²) in [6.45, 7) is 2.07. The van der Waals surface area contributed by atoms with Crippen LogP contribution in [0.15, 0.2) is 22.5 Å². The van der Waals surface area contributed by atoms with E-state index in [4.69, 9.17) is 0 Å². The SMILES string of the molecule is CN=C(NCCC1CC1)N(C)CCc1cccs1. The van der Waals surface area contributed by atoms with E-state index in [1.54, 1.807) is 0 Å². The molecule has 0 saturated heterocycles. The van der Waals surface area contributed by atoms with Crippen molar-refractivity contribution in [3.8, 4) is 0 Å². The highest BCUT2D eigenvalue weighted by atomic mass is 32.1. The molecule has 0 bridgehead atoms. The van der Waals surface area contributed by atoms with Gasteiger partial charge in [-0.25, -0.2) is 0 Å². The van der Waals surface area contributed by atoms with Gasteiger partial charge >= 0.3 is 0 Å². The minimum absolute atomic E-state index is 0.979. The van der Waals surface area contributed by atoms with Crippen LogP contribution in [0.2, 0.25) is 0 Å². The van der Waals surface area contributed by atoms with Crippen molar-refractivity contribution in [1.82, 2.24) is 10.2 Å². The Morgan fingerprint density at radius 1 is 1.56 bits per heavy atom. The lowest BCUT2D eigenvalue weighted by molar-refractivity contribution is 0.484. The van der Waals surface area contributed by atoms with E-state index in [2.05, 4.69) is 39.8 Å². The standard InChI is InChI=1S/C14H23N3S/c1-15-14(16-9-7-12-5-6-12)17(2)10-8-13-4-3-11-18-13/h3-4,11-12H,5-10H2,1-2H3,(H,15,16). The van der Waals surface area contributed by atoms with Crippen LogP contribution in [-0.2, 0) is 6.42 Å². The number of aliphatic imine (C=N–C) groups is 1. The summed E-state index contributed by atoms with van der Waals surface area (Å²) in [6.07, 6.45) is 5.23. The van der Waals surface area contributed by atoms with Crippen molar-refractivity contribution < 1.29 is 0 Å². The van der Waals surface area contributed by atoms with Crippen LogP contribution in [-0.4, -0.2) is 38.0 Å². The maximum absolute atomic E-state index is 4.34. The minimum Gasteiger partial charge on any atom is -0.356 e. The van der Waals surface area contributed by atoms with Crippen LogP contribution < -0.4 is 5.32 Å². The zero-order valence-electron chi connectivity index (χ0n) is 11.4. The van der Waals surface area contributed by atoms with Crippen LogP contribution in [0.1, 0.15) is 24.1 Å². The van der Waals surface area contributed by atoms with Gasteiger partial charge in [-0.3, -0.25) is 4.99 Å². The fourth-order valence-corrected chi connectivity index (χ4v) is 2.72. The largest absolute Gasteiger partial charge is 0.356 e. The molecule has 0 spiro atoms. The van der Waals surface area contributed by atoms with Gasteiger partial charge in [0.15, 0.2) is 5.96 Å². The minimum atomic E-state index is 0.979. The normalized spacial score (nSPS) is 15.8. The van der Waals surface area contributed by atoms with Crippen LogP contribution in [0, 0.1) is 5.92 Å². The molecule has 1 aliphatic carbocycles. The Hall–Kier alpha value is -1.03. The van der Waals surface area contributed by atoms with Crippen molar-refractivity contribution in [3.05, 3.63) is 22.4 Å². The Morgan fingerprint density at radius 2 is 2.39 bits per heavy atom. The molecule has 1 N–H and O–H groups in total. The monoisotopic (exact) mass is 265 g/mol. The number of hydrogen-bond acceptors (Lipinski definition) is 2. The molecule has 2 rings (SSSR count). The van der Waals surface area contributed by atoms with Gasteiger partial charge in [0.2, 0.25) is 0 Å². The van der Waals surface area contributed by atoms with Crippen LogP contribution in [0.3, 0.4) is 0 Å². The molecule has 1 heterocycles. The summed E-state index contributed by atoms with van der Waals surface area (Å²) < 4.78 is 0. The number of nitrogens with zero attached hydrogens (tertiary/aromatic N) is 2. The summed E-state index contributed by atoms with van der Waals surface area (Å²) in [5, 5.41) is 5.59. The van der Waals surface area contributed by atoms with Gasteiger partial charge in [0, 0.05) is 32.1 Å². The van der Waals surface area contributed by atoms with Gasteiger partial charge in [0.05, 0.1) is 0 Å². The third kappa shape index (κ3) is 4.33. The highest BCUT2D eigenvalue weighted by molar-refractivity contribution is 7.09. The Labute approximate surface area is 114 Å². The smallest absolute Gasteiger partial charge is 0.193 e. The maximum atomic E-state index is 4.34. The first-order valence-electron chi connectivity index (χ1n) is 6.73. The van der Waals surface area contributed by atoms with E-state index in [-0.39, 0.29) is 0 Å². The Balaban J connectivity index is 1.68. The van der Waals surface area contributed by atoms with Crippen molar-refractivity contribution in [2.75, 3.05) is 27.2 Å². The molecule has 0 aromatic carbocycles. The van der Waals surface area contributed by atoms with E-state index in [1.807, 2.05) is 18.4 Å². The fourth-order valence-electron chi connectivity index (χ4n) is 2.02. The van der Waals surface area contributed by atoms with Crippen molar-refractivity contribution >= 4 is 17.3 Å². The molecule has 0 unspecified atom stereocenters. The number of likely N-dealkylation sites (N-methyl/N-ethyl adjacent to an activating group) is 1. The summed E-state index contributed by atoms with van der Waals surface area (Å²) in [6, 6.07) is 4.31. The molecule has 3 nitrogen and oxygen atoms in total. The molecule has 1 aromatic heterocycles. The molecule has 1 fully saturated rings. The highest BCUT2D eigenvalue weighted by Gasteiger charge is 2.20. The van der Waals surface area contributed by atoms with Gasteiger partial charge in [0.1, 0.15) is 0 Å². The van der Waals surface area contributed by atoms with Gasteiger partial charge in [-0.05, 0) is 30.2 Å². The summed E-state index contributed by atoms with van der Waals surface area (Å²) >= 11 is 1.83. The van der Waals surface area contributed by atoms with E-state index >= 15 is 0 Å². The highest BCUT2D eigenvalue weighted by Crippen LogP contribution is 2.31. The summed E-state index contributed by atoms with van der Waals surface area (Å²) in [4.78, 5) is 8.00. The molecule has 0 atom stereocenters.